The van der Waals surface area contributed by atoms with Gasteiger partial charge in [-0.2, -0.15) is 0 Å². The smallest absolute Gasteiger partial charge is 0.125 e. The van der Waals surface area contributed by atoms with E-state index in [2.05, 4.69) is 11.9 Å². The van der Waals surface area contributed by atoms with Gasteiger partial charge in [0.15, 0.2) is 0 Å². The van der Waals surface area contributed by atoms with E-state index in [9.17, 15) is 5.11 Å². The van der Waals surface area contributed by atoms with Gasteiger partial charge < -0.3 is 14.3 Å². The quantitative estimate of drug-likeness (QED) is 0.850. The highest BCUT2D eigenvalue weighted by molar-refractivity contribution is 5.37. The standard InChI is InChI=1S/C17H23NO3/c1-13(2)21-17-5-4-14(8-16(17)11-19)9-18(3)10-15-6-7-20-12-15/h4-8,12-13,19H,9-11H2,1-3H3. The highest BCUT2D eigenvalue weighted by Crippen LogP contribution is 2.22. The number of benzene rings is 1. The van der Waals surface area contributed by atoms with E-state index in [1.807, 2.05) is 38.1 Å². The average Bonchev–Trinajstić information content (AvgIpc) is 2.92. The summed E-state index contributed by atoms with van der Waals surface area (Å²) in [6.07, 6.45) is 3.55. The lowest BCUT2D eigenvalue weighted by atomic mass is 10.1. The van der Waals surface area contributed by atoms with Crippen LogP contribution in [0.3, 0.4) is 0 Å². The van der Waals surface area contributed by atoms with Crippen molar-refractivity contribution >= 4 is 0 Å². The Kier molecular flexibility index (Phi) is 5.42. The molecule has 0 radical (unpaired) electrons. The van der Waals surface area contributed by atoms with E-state index in [0.717, 1.165) is 35.5 Å². The molecule has 0 aliphatic rings. The van der Waals surface area contributed by atoms with Gasteiger partial charge in [-0.15, -0.1) is 0 Å². The summed E-state index contributed by atoms with van der Waals surface area (Å²) in [5.41, 5.74) is 3.14. The van der Waals surface area contributed by atoms with Crippen molar-refractivity contribution in [3.8, 4) is 5.75 Å². The Balaban J connectivity index is 2.03. The summed E-state index contributed by atoms with van der Waals surface area (Å²) in [6, 6.07) is 7.95. The summed E-state index contributed by atoms with van der Waals surface area (Å²) < 4.78 is 10.8. The Hall–Kier alpha value is -1.78. The van der Waals surface area contributed by atoms with E-state index in [1.165, 1.54) is 0 Å². The molecule has 1 aromatic heterocycles. The third-order valence-corrected chi connectivity index (χ3v) is 3.14. The van der Waals surface area contributed by atoms with Gasteiger partial charge in [0.1, 0.15) is 5.75 Å². The topological polar surface area (TPSA) is 45.8 Å². The molecule has 0 amide bonds. The third kappa shape index (κ3) is 4.62. The Morgan fingerprint density at radius 1 is 1.19 bits per heavy atom. The second-order valence-corrected chi connectivity index (χ2v) is 5.57. The first kappa shape index (κ1) is 15.6. The normalized spacial score (nSPS) is 11.3. The summed E-state index contributed by atoms with van der Waals surface area (Å²) in [5, 5.41) is 9.49. The van der Waals surface area contributed by atoms with Crippen molar-refractivity contribution in [3.63, 3.8) is 0 Å². The lowest BCUT2D eigenvalue weighted by molar-refractivity contribution is 0.225. The molecule has 4 heteroatoms. The third-order valence-electron chi connectivity index (χ3n) is 3.14. The van der Waals surface area contributed by atoms with Crippen LogP contribution < -0.4 is 4.74 Å². The number of furan rings is 1. The van der Waals surface area contributed by atoms with Crippen LogP contribution in [-0.4, -0.2) is 23.2 Å². The highest BCUT2D eigenvalue weighted by Gasteiger charge is 2.08. The largest absolute Gasteiger partial charge is 0.491 e. The number of aliphatic hydroxyl groups excluding tert-OH is 1. The average molecular weight is 289 g/mol. The zero-order valence-corrected chi connectivity index (χ0v) is 12.9. The van der Waals surface area contributed by atoms with Gasteiger partial charge in [0.25, 0.3) is 0 Å². The second-order valence-electron chi connectivity index (χ2n) is 5.57. The SMILES string of the molecule is CC(C)Oc1ccc(CN(C)Cc2ccoc2)cc1CO. The van der Waals surface area contributed by atoms with Crippen molar-refractivity contribution in [2.24, 2.45) is 0 Å². The molecule has 0 bridgehead atoms. The lowest BCUT2D eigenvalue weighted by Crippen LogP contribution is -2.17. The number of hydrogen-bond acceptors (Lipinski definition) is 4. The van der Waals surface area contributed by atoms with Crippen LogP contribution in [-0.2, 0) is 19.7 Å². The Labute approximate surface area is 126 Å². The van der Waals surface area contributed by atoms with Gasteiger partial charge in [0, 0.05) is 24.2 Å². The van der Waals surface area contributed by atoms with Crippen molar-refractivity contribution in [1.82, 2.24) is 4.90 Å². The van der Waals surface area contributed by atoms with E-state index in [-0.39, 0.29) is 12.7 Å². The minimum atomic E-state index is -0.0126. The monoisotopic (exact) mass is 289 g/mol. The number of aliphatic hydroxyl groups is 1. The molecule has 0 unspecified atom stereocenters. The number of hydrogen-bond donors (Lipinski definition) is 1. The fourth-order valence-corrected chi connectivity index (χ4v) is 2.29. The van der Waals surface area contributed by atoms with Gasteiger partial charge in [-0.05, 0) is 44.7 Å². The molecule has 0 aliphatic heterocycles. The molecule has 1 aromatic carbocycles. The molecule has 2 aromatic rings. The predicted octanol–water partition coefficient (Wildman–Crippen LogP) is 3.19. The van der Waals surface area contributed by atoms with Gasteiger partial charge in [0.05, 0.1) is 25.2 Å². The fraction of sp³-hybridized carbons (Fsp3) is 0.412. The van der Waals surface area contributed by atoms with Crippen LogP contribution in [0.5, 0.6) is 5.75 Å². The zero-order chi connectivity index (χ0) is 15.2. The summed E-state index contributed by atoms with van der Waals surface area (Å²) in [7, 11) is 2.06. The minimum Gasteiger partial charge on any atom is -0.491 e. The van der Waals surface area contributed by atoms with Crippen LogP contribution in [0.25, 0.3) is 0 Å². The van der Waals surface area contributed by atoms with Gasteiger partial charge in [-0.25, -0.2) is 0 Å². The number of nitrogens with zero attached hydrogens (tertiary/aromatic N) is 1. The molecule has 0 spiro atoms. The summed E-state index contributed by atoms with van der Waals surface area (Å²) in [4.78, 5) is 2.20. The van der Waals surface area contributed by atoms with Crippen LogP contribution in [0.1, 0.15) is 30.5 Å². The van der Waals surface area contributed by atoms with Crippen molar-refractivity contribution in [2.45, 2.75) is 39.6 Å². The van der Waals surface area contributed by atoms with Crippen LogP contribution >= 0.6 is 0 Å². The van der Waals surface area contributed by atoms with E-state index < -0.39 is 0 Å². The highest BCUT2D eigenvalue weighted by atomic mass is 16.5. The van der Waals surface area contributed by atoms with Gasteiger partial charge in [0.2, 0.25) is 0 Å². The molecule has 1 N–H and O–H groups in total. The molecule has 0 fully saturated rings. The van der Waals surface area contributed by atoms with Crippen molar-refractivity contribution in [3.05, 3.63) is 53.5 Å². The Morgan fingerprint density at radius 3 is 2.57 bits per heavy atom. The van der Waals surface area contributed by atoms with Gasteiger partial charge >= 0.3 is 0 Å². The molecule has 114 valence electrons. The van der Waals surface area contributed by atoms with Crippen LogP contribution in [0.2, 0.25) is 0 Å². The molecule has 0 saturated carbocycles. The first-order valence-corrected chi connectivity index (χ1v) is 7.17. The minimum absolute atomic E-state index is 0.0126. The summed E-state index contributed by atoms with van der Waals surface area (Å²) >= 11 is 0. The lowest BCUT2D eigenvalue weighted by Gasteiger charge is -2.18. The summed E-state index contributed by atoms with van der Waals surface area (Å²) in [5.74, 6) is 0.758. The molecule has 0 atom stereocenters. The molecule has 0 saturated heterocycles. The maximum Gasteiger partial charge on any atom is 0.125 e. The van der Waals surface area contributed by atoms with Crippen LogP contribution in [0.15, 0.2) is 41.2 Å². The summed E-state index contributed by atoms with van der Waals surface area (Å²) in [6.45, 7) is 5.58. The number of ether oxygens (including phenoxy) is 1. The van der Waals surface area contributed by atoms with E-state index in [1.54, 1.807) is 12.5 Å². The maximum atomic E-state index is 9.49. The van der Waals surface area contributed by atoms with Gasteiger partial charge in [-0.1, -0.05) is 6.07 Å². The fourth-order valence-electron chi connectivity index (χ4n) is 2.29. The zero-order valence-electron chi connectivity index (χ0n) is 12.9. The van der Waals surface area contributed by atoms with Crippen LogP contribution in [0.4, 0.5) is 0 Å². The molecule has 4 nitrogen and oxygen atoms in total. The van der Waals surface area contributed by atoms with Crippen molar-refractivity contribution in [1.29, 1.82) is 0 Å². The maximum absolute atomic E-state index is 9.49. The predicted molar refractivity (Wildman–Crippen MR) is 82.0 cm³/mol. The second kappa shape index (κ2) is 7.29. The van der Waals surface area contributed by atoms with Crippen LogP contribution in [0, 0.1) is 0 Å². The van der Waals surface area contributed by atoms with E-state index in [4.69, 9.17) is 9.15 Å². The number of rotatable bonds is 7. The van der Waals surface area contributed by atoms with Gasteiger partial charge in [-0.3, -0.25) is 4.90 Å². The molecule has 21 heavy (non-hydrogen) atoms. The van der Waals surface area contributed by atoms with Crippen molar-refractivity contribution < 1.29 is 14.3 Å². The first-order valence-electron chi connectivity index (χ1n) is 7.17. The van der Waals surface area contributed by atoms with Crippen molar-refractivity contribution in [2.75, 3.05) is 7.05 Å². The molecular formula is C17H23NO3. The van der Waals surface area contributed by atoms with E-state index in [0.29, 0.717) is 0 Å². The molecule has 0 aliphatic carbocycles. The first-order chi connectivity index (χ1) is 10.1. The molecule has 1 heterocycles. The Bertz CT molecular complexity index is 549. The van der Waals surface area contributed by atoms with E-state index >= 15 is 0 Å². The molecule has 2 rings (SSSR count). The molecular weight excluding hydrogens is 266 g/mol. The Morgan fingerprint density at radius 2 is 1.95 bits per heavy atom.